The molecule has 4 heteroatoms. The maximum Gasteiger partial charge on any atom is 0.0900 e. The van der Waals surface area contributed by atoms with Crippen LogP contribution in [0.3, 0.4) is 0 Å². The Hall–Kier alpha value is -0.630. The van der Waals surface area contributed by atoms with Crippen molar-refractivity contribution in [2.45, 2.75) is 45.8 Å². The highest BCUT2D eigenvalue weighted by Crippen LogP contribution is 2.00. The van der Waals surface area contributed by atoms with Gasteiger partial charge in [-0.25, -0.2) is 0 Å². The predicted molar refractivity (Wildman–Crippen MR) is 64.1 cm³/mol. The summed E-state index contributed by atoms with van der Waals surface area (Å²) in [6.07, 6.45) is 1.62. The Labute approximate surface area is 98.8 Å². The predicted octanol–water partition coefficient (Wildman–Crippen LogP) is 1.40. The van der Waals surface area contributed by atoms with E-state index in [1.807, 2.05) is 18.7 Å². The van der Waals surface area contributed by atoms with Gasteiger partial charge in [0.05, 0.1) is 25.3 Å². The number of hydrogen-bond acceptors (Lipinski definition) is 4. The van der Waals surface area contributed by atoms with E-state index in [2.05, 4.69) is 13.0 Å². The molecule has 0 aliphatic rings. The molecule has 1 N–H and O–H groups in total. The van der Waals surface area contributed by atoms with Crippen molar-refractivity contribution < 1.29 is 9.84 Å². The van der Waals surface area contributed by atoms with Crippen molar-refractivity contribution in [3.63, 3.8) is 0 Å². The molecule has 94 valence electrons. The fourth-order valence-electron chi connectivity index (χ4n) is 1.34. The van der Waals surface area contributed by atoms with Crippen molar-refractivity contribution in [3.05, 3.63) is 0 Å². The van der Waals surface area contributed by atoms with Crippen molar-refractivity contribution in [1.82, 2.24) is 4.90 Å². The molecular formula is C12H24N2O2. The molecular weight excluding hydrogens is 204 g/mol. The highest BCUT2D eigenvalue weighted by molar-refractivity contribution is 4.80. The lowest BCUT2D eigenvalue weighted by molar-refractivity contribution is 0.0131. The lowest BCUT2D eigenvalue weighted by Gasteiger charge is -2.25. The van der Waals surface area contributed by atoms with E-state index in [0.717, 1.165) is 12.8 Å². The van der Waals surface area contributed by atoms with E-state index >= 15 is 0 Å². The van der Waals surface area contributed by atoms with Crippen molar-refractivity contribution in [3.8, 4) is 6.07 Å². The van der Waals surface area contributed by atoms with Gasteiger partial charge in [0.2, 0.25) is 0 Å². The fraction of sp³-hybridized carbons (Fsp3) is 0.917. The fourth-order valence-corrected chi connectivity index (χ4v) is 1.34. The van der Waals surface area contributed by atoms with Gasteiger partial charge in [-0.05, 0) is 20.3 Å². The summed E-state index contributed by atoms with van der Waals surface area (Å²) in [7, 11) is 0. The second kappa shape index (κ2) is 9.59. The number of ether oxygens (including phenoxy) is 1. The number of aliphatic hydroxyl groups is 1. The summed E-state index contributed by atoms with van der Waals surface area (Å²) < 4.78 is 5.34. The molecule has 1 atom stereocenters. The van der Waals surface area contributed by atoms with Crippen LogP contribution in [0.25, 0.3) is 0 Å². The van der Waals surface area contributed by atoms with Crippen LogP contribution < -0.4 is 0 Å². The van der Waals surface area contributed by atoms with Crippen LogP contribution in [0.1, 0.15) is 33.6 Å². The van der Waals surface area contributed by atoms with Crippen LogP contribution in [0.5, 0.6) is 0 Å². The van der Waals surface area contributed by atoms with Gasteiger partial charge in [-0.3, -0.25) is 4.90 Å². The Bertz CT molecular complexity index is 202. The first kappa shape index (κ1) is 15.4. The van der Waals surface area contributed by atoms with Crippen LogP contribution in [0.2, 0.25) is 0 Å². The van der Waals surface area contributed by atoms with Crippen molar-refractivity contribution in [2.75, 3.05) is 26.3 Å². The highest BCUT2D eigenvalue weighted by atomic mass is 16.5. The summed E-state index contributed by atoms with van der Waals surface area (Å²) in [5.74, 6) is 0. The minimum Gasteiger partial charge on any atom is -0.389 e. The second-order valence-corrected chi connectivity index (χ2v) is 4.26. The van der Waals surface area contributed by atoms with E-state index < -0.39 is 6.10 Å². The number of nitriles is 1. The topological polar surface area (TPSA) is 56.5 Å². The summed E-state index contributed by atoms with van der Waals surface area (Å²) in [6.45, 7) is 8.04. The molecule has 0 heterocycles. The first-order valence-corrected chi connectivity index (χ1v) is 5.98. The van der Waals surface area contributed by atoms with Gasteiger partial charge in [-0.1, -0.05) is 13.3 Å². The van der Waals surface area contributed by atoms with E-state index in [1.54, 1.807) is 0 Å². The molecule has 0 saturated carbocycles. The molecule has 0 aliphatic heterocycles. The maximum atomic E-state index is 9.72. The van der Waals surface area contributed by atoms with E-state index in [4.69, 9.17) is 10.00 Å². The Morgan fingerprint density at radius 1 is 1.44 bits per heavy atom. The van der Waals surface area contributed by atoms with Crippen LogP contribution >= 0.6 is 0 Å². The van der Waals surface area contributed by atoms with Gasteiger partial charge in [-0.15, -0.1) is 0 Å². The van der Waals surface area contributed by atoms with E-state index in [9.17, 15) is 5.11 Å². The molecule has 4 nitrogen and oxygen atoms in total. The second-order valence-electron chi connectivity index (χ2n) is 4.26. The summed E-state index contributed by atoms with van der Waals surface area (Å²) in [6, 6.07) is 2.37. The molecule has 1 unspecified atom stereocenters. The Kier molecular flexibility index (Phi) is 9.21. The van der Waals surface area contributed by atoms with Gasteiger partial charge >= 0.3 is 0 Å². The molecule has 0 aromatic rings. The molecule has 0 aromatic carbocycles. The van der Waals surface area contributed by atoms with Crippen LogP contribution in [0.15, 0.2) is 0 Å². The van der Waals surface area contributed by atoms with Gasteiger partial charge in [0.1, 0.15) is 0 Å². The number of nitrogens with zero attached hydrogens (tertiary/aromatic N) is 2. The molecule has 0 rings (SSSR count). The lowest BCUT2D eigenvalue weighted by atomic mass is 10.2. The number of aliphatic hydroxyl groups excluding tert-OH is 1. The number of rotatable bonds is 9. The first-order valence-electron chi connectivity index (χ1n) is 5.98. The number of unbranched alkanes of at least 4 members (excludes halogenated alkanes) is 1. The normalized spacial score (nSPS) is 13.1. The SMILES string of the molecule is CCCCOCC(O)CN(CC#N)C(C)C. The monoisotopic (exact) mass is 228 g/mol. The van der Waals surface area contributed by atoms with E-state index in [0.29, 0.717) is 26.3 Å². The number of hydrogen-bond donors (Lipinski definition) is 1. The molecule has 0 aliphatic carbocycles. The third kappa shape index (κ3) is 7.63. The van der Waals surface area contributed by atoms with Crippen molar-refractivity contribution >= 4 is 0 Å². The summed E-state index contributed by atoms with van der Waals surface area (Å²) in [4.78, 5) is 1.94. The van der Waals surface area contributed by atoms with Gasteiger partial charge in [0, 0.05) is 19.2 Å². The third-order valence-corrected chi connectivity index (χ3v) is 2.40. The zero-order valence-corrected chi connectivity index (χ0v) is 10.6. The van der Waals surface area contributed by atoms with Crippen molar-refractivity contribution in [1.29, 1.82) is 5.26 Å². The maximum absolute atomic E-state index is 9.72. The molecule has 0 radical (unpaired) electrons. The quantitative estimate of drug-likeness (QED) is 0.479. The van der Waals surface area contributed by atoms with Crippen molar-refractivity contribution in [2.24, 2.45) is 0 Å². The third-order valence-electron chi connectivity index (χ3n) is 2.40. The molecule has 0 aromatic heterocycles. The molecule has 0 spiro atoms. The summed E-state index contributed by atoms with van der Waals surface area (Å²) >= 11 is 0. The van der Waals surface area contributed by atoms with Crippen LogP contribution in [-0.4, -0.2) is 48.5 Å². The Morgan fingerprint density at radius 3 is 2.62 bits per heavy atom. The van der Waals surface area contributed by atoms with E-state index in [1.165, 1.54) is 0 Å². The molecule has 0 saturated heterocycles. The zero-order chi connectivity index (χ0) is 12.4. The molecule has 0 fully saturated rings. The zero-order valence-electron chi connectivity index (χ0n) is 10.6. The Balaban J connectivity index is 3.73. The van der Waals surface area contributed by atoms with Crippen LogP contribution in [-0.2, 0) is 4.74 Å². The summed E-state index contributed by atoms with van der Waals surface area (Å²) in [5, 5.41) is 18.4. The summed E-state index contributed by atoms with van der Waals surface area (Å²) in [5.41, 5.74) is 0. The van der Waals surface area contributed by atoms with Crippen LogP contribution in [0.4, 0.5) is 0 Å². The largest absolute Gasteiger partial charge is 0.389 e. The minimum atomic E-state index is -0.507. The highest BCUT2D eigenvalue weighted by Gasteiger charge is 2.14. The minimum absolute atomic E-state index is 0.268. The lowest BCUT2D eigenvalue weighted by Crippen LogP contribution is -2.39. The first-order chi connectivity index (χ1) is 7.61. The smallest absolute Gasteiger partial charge is 0.0900 e. The van der Waals surface area contributed by atoms with Gasteiger partial charge in [0.15, 0.2) is 0 Å². The van der Waals surface area contributed by atoms with Gasteiger partial charge < -0.3 is 9.84 Å². The standard InChI is InChI=1S/C12H24N2O2/c1-4-5-8-16-10-12(15)9-14(7-6-13)11(2)3/h11-12,15H,4-5,7-10H2,1-3H3. The van der Waals surface area contributed by atoms with Gasteiger partial charge in [-0.2, -0.15) is 5.26 Å². The molecule has 0 amide bonds. The Morgan fingerprint density at radius 2 is 2.12 bits per heavy atom. The average Bonchev–Trinajstić information content (AvgIpc) is 2.23. The molecule has 0 bridgehead atoms. The van der Waals surface area contributed by atoms with Crippen LogP contribution in [0, 0.1) is 11.3 Å². The van der Waals surface area contributed by atoms with Gasteiger partial charge in [0.25, 0.3) is 0 Å². The molecule has 16 heavy (non-hydrogen) atoms. The van der Waals surface area contributed by atoms with E-state index in [-0.39, 0.29) is 6.04 Å². The average molecular weight is 228 g/mol.